The number of carboxylic acids is 1. The Labute approximate surface area is 136 Å². The van der Waals surface area contributed by atoms with Crippen LogP contribution >= 0.6 is 0 Å². The lowest BCUT2D eigenvalue weighted by Crippen LogP contribution is -2.41. The van der Waals surface area contributed by atoms with Gasteiger partial charge in [0.25, 0.3) is 0 Å². The van der Waals surface area contributed by atoms with Gasteiger partial charge in [-0.3, -0.25) is 4.79 Å². The Kier molecular flexibility index (Phi) is 7.70. The van der Waals surface area contributed by atoms with Crippen LogP contribution in [0, 0.1) is 0 Å². The topological polar surface area (TPSA) is 113 Å². The molecule has 0 aliphatic heterocycles. The lowest BCUT2D eigenvalue weighted by atomic mass is 10.1. The van der Waals surface area contributed by atoms with E-state index in [0.29, 0.717) is 12.8 Å². The van der Waals surface area contributed by atoms with Crippen LogP contribution < -0.4 is 10.0 Å². The summed E-state index contributed by atoms with van der Waals surface area (Å²) in [5.41, 5.74) is 0. The first-order valence-corrected chi connectivity index (χ1v) is 8.92. The Morgan fingerprint density at radius 1 is 1.22 bits per heavy atom. The van der Waals surface area contributed by atoms with E-state index in [2.05, 4.69) is 10.0 Å². The molecule has 0 saturated heterocycles. The normalized spacial score (nSPS) is 12.6. The van der Waals surface area contributed by atoms with E-state index in [0.717, 1.165) is 6.42 Å². The predicted molar refractivity (Wildman–Crippen MR) is 85.3 cm³/mol. The Morgan fingerprint density at radius 2 is 1.87 bits per heavy atom. The molecular weight excluding hydrogens is 320 g/mol. The minimum atomic E-state index is -3.66. The summed E-state index contributed by atoms with van der Waals surface area (Å²) < 4.78 is 26.2. The van der Waals surface area contributed by atoms with E-state index in [1.54, 1.807) is 18.2 Å². The zero-order valence-electron chi connectivity index (χ0n) is 13.0. The van der Waals surface area contributed by atoms with Gasteiger partial charge in [-0.1, -0.05) is 38.0 Å². The van der Waals surface area contributed by atoms with Crippen molar-refractivity contribution in [2.24, 2.45) is 0 Å². The minimum Gasteiger partial charge on any atom is -0.480 e. The molecule has 7 nitrogen and oxygen atoms in total. The number of amides is 1. The lowest BCUT2D eigenvalue weighted by molar-refractivity contribution is -0.142. The number of carbonyl (C=O) groups is 2. The largest absolute Gasteiger partial charge is 0.480 e. The molecule has 8 heteroatoms. The van der Waals surface area contributed by atoms with Crippen LogP contribution in [0.3, 0.4) is 0 Å². The molecule has 0 aromatic heterocycles. The fourth-order valence-corrected chi connectivity index (χ4v) is 2.97. The van der Waals surface area contributed by atoms with Gasteiger partial charge < -0.3 is 10.4 Å². The van der Waals surface area contributed by atoms with Crippen molar-refractivity contribution < 1.29 is 23.1 Å². The van der Waals surface area contributed by atoms with Crippen LogP contribution in [0.4, 0.5) is 0 Å². The van der Waals surface area contributed by atoms with E-state index in [1.165, 1.54) is 12.1 Å². The van der Waals surface area contributed by atoms with E-state index in [1.807, 2.05) is 6.92 Å². The van der Waals surface area contributed by atoms with Crippen LogP contribution in [0.2, 0.25) is 0 Å². The highest BCUT2D eigenvalue weighted by atomic mass is 32.2. The maximum Gasteiger partial charge on any atom is 0.326 e. The molecule has 0 bridgehead atoms. The van der Waals surface area contributed by atoms with Gasteiger partial charge in [0.2, 0.25) is 15.9 Å². The summed E-state index contributed by atoms with van der Waals surface area (Å²) in [5.74, 6) is -1.58. The van der Waals surface area contributed by atoms with Crippen LogP contribution in [0.15, 0.2) is 35.2 Å². The highest BCUT2D eigenvalue weighted by Crippen LogP contribution is 2.07. The average Bonchev–Trinajstić information content (AvgIpc) is 2.51. The number of sulfonamides is 1. The van der Waals surface area contributed by atoms with E-state index in [9.17, 15) is 18.0 Å². The molecule has 1 rings (SSSR count). The number of carbonyl (C=O) groups excluding carboxylic acids is 1. The third-order valence-electron chi connectivity index (χ3n) is 3.18. The average molecular weight is 342 g/mol. The number of nitrogens with one attached hydrogen (secondary N) is 2. The first-order valence-electron chi connectivity index (χ1n) is 7.43. The van der Waals surface area contributed by atoms with Crippen molar-refractivity contribution in [2.75, 3.05) is 6.54 Å². The van der Waals surface area contributed by atoms with Gasteiger partial charge in [0, 0.05) is 13.0 Å². The fourth-order valence-electron chi connectivity index (χ4n) is 1.91. The van der Waals surface area contributed by atoms with Crippen LogP contribution in [-0.2, 0) is 19.6 Å². The smallest absolute Gasteiger partial charge is 0.326 e. The van der Waals surface area contributed by atoms with E-state index in [4.69, 9.17) is 5.11 Å². The second kappa shape index (κ2) is 9.26. The number of hydrogen-bond acceptors (Lipinski definition) is 4. The zero-order chi connectivity index (χ0) is 17.3. The molecule has 0 spiro atoms. The first-order chi connectivity index (χ1) is 10.9. The van der Waals surface area contributed by atoms with Gasteiger partial charge in [-0.2, -0.15) is 0 Å². The van der Waals surface area contributed by atoms with E-state index in [-0.39, 0.29) is 17.9 Å². The molecule has 128 valence electrons. The van der Waals surface area contributed by atoms with Crippen LogP contribution in [0.1, 0.15) is 32.6 Å². The molecule has 0 saturated carbocycles. The van der Waals surface area contributed by atoms with Gasteiger partial charge in [-0.25, -0.2) is 17.9 Å². The molecule has 0 unspecified atom stereocenters. The molecule has 3 N–H and O–H groups in total. The number of aliphatic carboxylic acids is 1. The molecule has 0 radical (unpaired) electrons. The van der Waals surface area contributed by atoms with Gasteiger partial charge in [-0.05, 0) is 18.6 Å². The third kappa shape index (κ3) is 6.79. The first kappa shape index (κ1) is 19.1. The summed E-state index contributed by atoms with van der Waals surface area (Å²) >= 11 is 0. The summed E-state index contributed by atoms with van der Waals surface area (Å²) in [4.78, 5) is 22.9. The summed E-state index contributed by atoms with van der Waals surface area (Å²) in [6, 6.07) is 6.88. The number of carboxylic acid groups (broad SMARTS) is 1. The summed E-state index contributed by atoms with van der Waals surface area (Å²) in [5, 5.41) is 11.4. The SMILES string of the molecule is CCCC[C@H](NC(=O)CCNS(=O)(=O)c1ccccc1)C(=O)O. The molecule has 1 aromatic carbocycles. The van der Waals surface area contributed by atoms with Crippen LogP contribution in [0.25, 0.3) is 0 Å². The van der Waals surface area contributed by atoms with Gasteiger partial charge in [0.05, 0.1) is 4.90 Å². The molecule has 0 fully saturated rings. The molecule has 0 aliphatic rings. The van der Waals surface area contributed by atoms with Gasteiger partial charge in [0.15, 0.2) is 0 Å². The van der Waals surface area contributed by atoms with Crippen LogP contribution in [-0.4, -0.2) is 38.0 Å². The van der Waals surface area contributed by atoms with Gasteiger partial charge in [-0.15, -0.1) is 0 Å². The minimum absolute atomic E-state index is 0.0941. The molecule has 1 aromatic rings. The van der Waals surface area contributed by atoms with Crippen LogP contribution in [0.5, 0.6) is 0 Å². The highest BCUT2D eigenvalue weighted by molar-refractivity contribution is 7.89. The number of rotatable bonds is 10. The lowest BCUT2D eigenvalue weighted by Gasteiger charge is -2.14. The molecule has 0 heterocycles. The molecule has 0 aliphatic carbocycles. The van der Waals surface area contributed by atoms with Crippen molar-refractivity contribution in [3.8, 4) is 0 Å². The Morgan fingerprint density at radius 3 is 2.43 bits per heavy atom. The molecule has 1 atom stereocenters. The predicted octanol–water partition coefficient (Wildman–Crippen LogP) is 1.11. The van der Waals surface area contributed by atoms with Crippen molar-refractivity contribution >= 4 is 21.9 Å². The Bertz CT molecular complexity index is 616. The maximum absolute atomic E-state index is 11.9. The zero-order valence-corrected chi connectivity index (χ0v) is 13.8. The van der Waals surface area contributed by atoms with Gasteiger partial charge in [0.1, 0.15) is 6.04 Å². The van der Waals surface area contributed by atoms with Crippen molar-refractivity contribution in [1.29, 1.82) is 0 Å². The van der Waals surface area contributed by atoms with E-state index < -0.39 is 27.9 Å². The monoisotopic (exact) mass is 342 g/mol. The van der Waals surface area contributed by atoms with Crippen molar-refractivity contribution in [2.45, 2.75) is 43.5 Å². The summed E-state index contributed by atoms with van der Waals surface area (Å²) in [6.07, 6.45) is 1.75. The molecule has 1 amide bonds. The Balaban J connectivity index is 2.45. The number of unbranched alkanes of at least 4 members (excludes halogenated alkanes) is 1. The second-order valence-electron chi connectivity index (χ2n) is 5.06. The third-order valence-corrected chi connectivity index (χ3v) is 4.65. The highest BCUT2D eigenvalue weighted by Gasteiger charge is 2.19. The van der Waals surface area contributed by atoms with Crippen molar-refractivity contribution in [3.05, 3.63) is 30.3 Å². The van der Waals surface area contributed by atoms with Gasteiger partial charge >= 0.3 is 5.97 Å². The second-order valence-corrected chi connectivity index (χ2v) is 6.83. The molecular formula is C15H22N2O5S. The number of benzene rings is 1. The molecule has 23 heavy (non-hydrogen) atoms. The fraction of sp³-hybridized carbons (Fsp3) is 0.467. The summed E-state index contributed by atoms with van der Waals surface area (Å²) in [7, 11) is -3.66. The quantitative estimate of drug-likeness (QED) is 0.590. The van der Waals surface area contributed by atoms with E-state index >= 15 is 0 Å². The standard InChI is InChI=1S/C15H22N2O5S/c1-2-3-9-13(15(19)20)17-14(18)10-11-16-23(21,22)12-7-5-4-6-8-12/h4-8,13,16H,2-3,9-11H2,1H3,(H,17,18)(H,19,20)/t13-/m0/s1. The Hall–Kier alpha value is -1.93. The maximum atomic E-state index is 11.9. The van der Waals surface area contributed by atoms with Crippen molar-refractivity contribution in [3.63, 3.8) is 0 Å². The van der Waals surface area contributed by atoms with Crippen molar-refractivity contribution in [1.82, 2.24) is 10.0 Å². The number of hydrogen-bond donors (Lipinski definition) is 3. The summed E-state index contributed by atoms with van der Waals surface area (Å²) in [6.45, 7) is 1.84.